The second-order valence-electron chi connectivity index (χ2n) is 3.03. The molecular formula is C7H14N2O. The van der Waals surface area contributed by atoms with E-state index in [2.05, 4.69) is 10.2 Å². The van der Waals surface area contributed by atoms with E-state index in [9.17, 15) is 4.79 Å². The Hall–Kier alpha value is -0.570. The Kier molecular flexibility index (Phi) is 1.94. The molecule has 3 heteroatoms. The first-order valence-electron chi connectivity index (χ1n) is 3.62. The third kappa shape index (κ3) is 1.29. The van der Waals surface area contributed by atoms with E-state index in [1.54, 1.807) is 0 Å². The van der Waals surface area contributed by atoms with Gasteiger partial charge in [0, 0.05) is 12.6 Å². The highest BCUT2D eigenvalue weighted by Crippen LogP contribution is 2.03. The molecule has 0 aromatic rings. The highest BCUT2D eigenvalue weighted by molar-refractivity contribution is 5.82. The average Bonchev–Trinajstić information content (AvgIpc) is 1.82. The molecular weight excluding hydrogens is 128 g/mol. The predicted molar refractivity (Wildman–Crippen MR) is 39.7 cm³/mol. The number of piperazine rings is 1. The van der Waals surface area contributed by atoms with Gasteiger partial charge in [-0.2, -0.15) is 0 Å². The van der Waals surface area contributed by atoms with E-state index in [0.29, 0.717) is 6.04 Å². The molecule has 0 bridgehead atoms. The molecule has 2 atom stereocenters. The van der Waals surface area contributed by atoms with Gasteiger partial charge in [0.15, 0.2) is 0 Å². The second-order valence-corrected chi connectivity index (χ2v) is 3.03. The van der Waals surface area contributed by atoms with Crippen LogP contribution in [0.25, 0.3) is 0 Å². The van der Waals surface area contributed by atoms with Crippen LogP contribution in [0.2, 0.25) is 0 Å². The van der Waals surface area contributed by atoms with Gasteiger partial charge in [-0.3, -0.25) is 9.69 Å². The van der Waals surface area contributed by atoms with E-state index in [1.165, 1.54) is 0 Å². The number of amides is 1. The molecule has 2 unspecified atom stereocenters. The number of likely N-dealkylation sites (N-methyl/N-ethyl adjacent to an activating group) is 1. The van der Waals surface area contributed by atoms with Crippen molar-refractivity contribution in [3.05, 3.63) is 0 Å². The first-order valence-corrected chi connectivity index (χ1v) is 3.62. The number of nitrogens with zero attached hydrogens (tertiary/aromatic N) is 1. The maximum absolute atomic E-state index is 11.1. The lowest BCUT2D eigenvalue weighted by atomic mass is 10.1. The molecule has 1 aliphatic rings. The van der Waals surface area contributed by atoms with Gasteiger partial charge in [0.1, 0.15) is 0 Å². The summed E-state index contributed by atoms with van der Waals surface area (Å²) in [5.41, 5.74) is 0. The normalized spacial score (nSPS) is 35.7. The molecule has 1 N–H and O–H groups in total. The van der Waals surface area contributed by atoms with Crippen LogP contribution in [0.3, 0.4) is 0 Å². The Balaban J connectivity index is 2.57. The summed E-state index contributed by atoms with van der Waals surface area (Å²) in [5.74, 6) is 0.140. The third-order valence-electron chi connectivity index (χ3n) is 1.99. The topological polar surface area (TPSA) is 32.3 Å². The van der Waals surface area contributed by atoms with Crippen LogP contribution in [0.15, 0.2) is 0 Å². The SMILES string of the molecule is CC1CN(C)C(C)C(=O)N1. The van der Waals surface area contributed by atoms with Gasteiger partial charge in [0.25, 0.3) is 0 Å². The fourth-order valence-corrected chi connectivity index (χ4v) is 1.20. The molecule has 0 spiro atoms. The van der Waals surface area contributed by atoms with E-state index < -0.39 is 0 Å². The highest BCUT2D eigenvalue weighted by atomic mass is 16.2. The summed E-state index contributed by atoms with van der Waals surface area (Å²) in [5, 5.41) is 2.88. The highest BCUT2D eigenvalue weighted by Gasteiger charge is 2.25. The summed E-state index contributed by atoms with van der Waals surface area (Å²) >= 11 is 0. The largest absolute Gasteiger partial charge is 0.351 e. The molecule has 3 nitrogen and oxygen atoms in total. The fraction of sp³-hybridized carbons (Fsp3) is 0.857. The summed E-state index contributed by atoms with van der Waals surface area (Å²) in [6.07, 6.45) is 0. The van der Waals surface area contributed by atoms with E-state index in [4.69, 9.17) is 0 Å². The van der Waals surface area contributed by atoms with Gasteiger partial charge < -0.3 is 5.32 Å². The van der Waals surface area contributed by atoms with Gasteiger partial charge in [-0.05, 0) is 20.9 Å². The van der Waals surface area contributed by atoms with Crippen molar-refractivity contribution in [2.45, 2.75) is 25.9 Å². The zero-order valence-electron chi connectivity index (χ0n) is 6.72. The number of hydrogen-bond donors (Lipinski definition) is 1. The molecule has 10 heavy (non-hydrogen) atoms. The Morgan fingerprint density at radius 3 is 2.70 bits per heavy atom. The Labute approximate surface area is 61.4 Å². The van der Waals surface area contributed by atoms with E-state index in [-0.39, 0.29) is 11.9 Å². The molecule has 1 rings (SSSR count). The average molecular weight is 142 g/mol. The molecule has 1 amide bonds. The summed E-state index contributed by atoms with van der Waals surface area (Å²) in [6, 6.07) is 0.338. The van der Waals surface area contributed by atoms with Gasteiger partial charge in [-0.15, -0.1) is 0 Å². The van der Waals surface area contributed by atoms with Crippen molar-refractivity contribution >= 4 is 5.91 Å². The summed E-state index contributed by atoms with van der Waals surface area (Å²) < 4.78 is 0. The van der Waals surface area contributed by atoms with Crippen LogP contribution in [-0.4, -0.2) is 36.5 Å². The lowest BCUT2D eigenvalue weighted by Crippen LogP contribution is -2.56. The number of hydrogen-bond acceptors (Lipinski definition) is 2. The Morgan fingerprint density at radius 2 is 2.20 bits per heavy atom. The van der Waals surface area contributed by atoms with Crippen LogP contribution in [0.4, 0.5) is 0 Å². The van der Waals surface area contributed by atoms with Crippen LogP contribution in [0.1, 0.15) is 13.8 Å². The van der Waals surface area contributed by atoms with Crippen molar-refractivity contribution in [1.82, 2.24) is 10.2 Å². The summed E-state index contributed by atoms with van der Waals surface area (Å²) in [6.45, 7) is 4.88. The minimum atomic E-state index is 0.0381. The van der Waals surface area contributed by atoms with Crippen molar-refractivity contribution in [3.8, 4) is 0 Å². The monoisotopic (exact) mass is 142 g/mol. The summed E-state index contributed by atoms with van der Waals surface area (Å²) in [4.78, 5) is 13.1. The van der Waals surface area contributed by atoms with Crippen molar-refractivity contribution in [3.63, 3.8) is 0 Å². The zero-order valence-corrected chi connectivity index (χ0v) is 6.72. The number of carbonyl (C=O) groups is 1. The minimum Gasteiger partial charge on any atom is -0.351 e. The second kappa shape index (κ2) is 2.58. The first kappa shape index (κ1) is 7.54. The van der Waals surface area contributed by atoms with Gasteiger partial charge in [0.2, 0.25) is 5.91 Å². The predicted octanol–water partition coefficient (Wildman–Crippen LogP) is -0.175. The molecule has 0 saturated carbocycles. The maximum atomic E-state index is 11.1. The standard InChI is InChI=1S/C7H14N2O/c1-5-4-9(3)6(2)7(10)8-5/h5-6H,4H2,1-3H3,(H,8,10). The number of rotatable bonds is 0. The lowest BCUT2D eigenvalue weighted by molar-refractivity contribution is -0.128. The van der Waals surface area contributed by atoms with Gasteiger partial charge in [-0.1, -0.05) is 0 Å². The summed E-state index contributed by atoms with van der Waals surface area (Å²) in [7, 11) is 1.97. The Morgan fingerprint density at radius 1 is 1.60 bits per heavy atom. The molecule has 1 heterocycles. The molecule has 0 aliphatic carbocycles. The quantitative estimate of drug-likeness (QED) is 0.509. The first-order chi connectivity index (χ1) is 4.61. The lowest BCUT2D eigenvalue weighted by Gasteiger charge is -2.33. The van der Waals surface area contributed by atoms with Crippen LogP contribution in [0, 0.1) is 0 Å². The van der Waals surface area contributed by atoms with Crippen molar-refractivity contribution < 1.29 is 4.79 Å². The molecule has 0 aromatic carbocycles. The van der Waals surface area contributed by atoms with Crippen LogP contribution >= 0.6 is 0 Å². The van der Waals surface area contributed by atoms with Gasteiger partial charge >= 0.3 is 0 Å². The van der Waals surface area contributed by atoms with Crippen molar-refractivity contribution in [2.24, 2.45) is 0 Å². The molecule has 1 saturated heterocycles. The molecule has 0 radical (unpaired) electrons. The van der Waals surface area contributed by atoms with E-state index >= 15 is 0 Å². The van der Waals surface area contributed by atoms with E-state index in [0.717, 1.165) is 6.54 Å². The molecule has 1 fully saturated rings. The number of nitrogens with one attached hydrogen (secondary N) is 1. The molecule has 1 aliphatic heterocycles. The van der Waals surface area contributed by atoms with Gasteiger partial charge in [0.05, 0.1) is 6.04 Å². The van der Waals surface area contributed by atoms with Crippen LogP contribution in [0.5, 0.6) is 0 Å². The maximum Gasteiger partial charge on any atom is 0.237 e. The fourth-order valence-electron chi connectivity index (χ4n) is 1.20. The molecule has 0 aromatic heterocycles. The van der Waals surface area contributed by atoms with Crippen LogP contribution in [-0.2, 0) is 4.79 Å². The third-order valence-corrected chi connectivity index (χ3v) is 1.99. The smallest absolute Gasteiger partial charge is 0.237 e. The molecule has 58 valence electrons. The van der Waals surface area contributed by atoms with Crippen molar-refractivity contribution in [1.29, 1.82) is 0 Å². The minimum absolute atomic E-state index is 0.0381. The van der Waals surface area contributed by atoms with Crippen molar-refractivity contribution in [2.75, 3.05) is 13.6 Å². The number of carbonyl (C=O) groups excluding carboxylic acids is 1. The Bertz CT molecular complexity index is 147. The zero-order chi connectivity index (χ0) is 7.72. The van der Waals surface area contributed by atoms with Gasteiger partial charge in [-0.25, -0.2) is 0 Å². The van der Waals surface area contributed by atoms with Crippen LogP contribution < -0.4 is 5.32 Å². The van der Waals surface area contributed by atoms with E-state index in [1.807, 2.05) is 20.9 Å².